The first-order chi connectivity index (χ1) is 15.2. The molecular formula is C24H27N3O4. The van der Waals surface area contributed by atoms with Gasteiger partial charge in [0, 0.05) is 19.0 Å². The predicted molar refractivity (Wildman–Crippen MR) is 117 cm³/mol. The number of nitrogens with one attached hydrogen (secondary N) is 2. The van der Waals surface area contributed by atoms with Gasteiger partial charge in [-0.05, 0) is 54.3 Å². The lowest BCUT2D eigenvalue weighted by Gasteiger charge is -2.22. The molecule has 1 saturated heterocycles. The Morgan fingerprint density at radius 2 is 1.97 bits per heavy atom. The molecule has 2 amide bonds. The lowest BCUT2D eigenvalue weighted by Crippen LogP contribution is -2.39. The highest BCUT2D eigenvalue weighted by Gasteiger charge is 2.32. The quantitative estimate of drug-likeness (QED) is 0.464. The second-order valence-electron chi connectivity index (χ2n) is 8.53. The molecule has 5 rings (SSSR count). The van der Waals surface area contributed by atoms with Gasteiger partial charge in [-0.25, -0.2) is 0 Å². The average Bonchev–Trinajstić information content (AvgIpc) is 3.21. The zero-order valence-electron chi connectivity index (χ0n) is 17.5. The van der Waals surface area contributed by atoms with E-state index >= 15 is 0 Å². The molecule has 2 N–H and O–H groups in total. The van der Waals surface area contributed by atoms with Crippen LogP contribution in [0.15, 0.2) is 34.9 Å². The van der Waals surface area contributed by atoms with E-state index in [0.29, 0.717) is 36.8 Å². The third-order valence-electron chi connectivity index (χ3n) is 6.43. The molecule has 3 aromatic rings. The third-order valence-corrected chi connectivity index (χ3v) is 6.43. The van der Waals surface area contributed by atoms with Crippen LogP contribution >= 0.6 is 0 Å². The predicted octanol–water partition coefficient (Wildman–Crippen LogP) is 3.80. The normalized spacial score (nSPS) is 20.3. The Labute approximate surface area is 180 Å². The average molecular weight is 421 g/mol. The van der Waals surface area contributed by atoms with Crippen LogP contribution in [0, 0.1) is 0 Å². The Bertz CT molecular complexity index is 1120. The Morgan fingerprint density at radius 3 is 2.81 bits per heavy atom. The van der Waals surface area contributed by atoms with Crippen molar-refractivity contribution in [3.63, 3.8) is 0 Å². The molecule has 162 valence electrons. The number of nitrogens with zero attached hydrogens (tertiary/aromatic N) is 1. The highest BCUT2D eigenvalue weighted by Crippen LogP contribution is 2.36. The molecule has 1 aromatic heterocycles. The van der Waals surface area contributed by atoms with Crippen molar-refractivity contribution in [2.24, 2.45) is 0 Å². The number of ether oxygens (including phenoxy) is 1. The number of carbonyl (C=O) groups is 2. The van der Waals surface area contributed by atoms with Gasteiger partial charge in [0.25, 0.3) is 0 Å². The highest BCUT2D eigenvalue weighted by atomic mass is 16.5. The van der Waals surface area contributed by atoms with E-state index < -0.39 is 5.92 Å². The smallest absolute Gasteiger partial charge is 0.235 e. The first-order valence-electron chi connectivity index (χ1n) is 11.2. The van der Waals surface area contributed by atoms with Crippen molar-refractivity contribution in [3.05, 3.63) is 36.0 Å². The molecule has 2 aromatic carbocycles. The number of imide groups is 1. The molecule has 2 aliphatic rings. The number of rotatable bonds is 6. The number of piperidine rings is 1. The second-order valence-corrected chi connectivity index (χ2v) is 8.53. The van der Waals surface area contributed by atoms with Gasteiger partial charge < -0.3 is 14.6 Å². The fraction of sp³-hybridized carbons (Fsp3) is 0.458. The summed E-state index contributed by atoms with van der Waals surface area (Å²) in [7, 11) is 0. The number of fused-ring (bicyclic) bond motifs is 3. The maximum Gasteiger partial charge on any atom is 0.235 e. The molecule has 1 aliphatic carbocycles. The number of amides is 2. The number of benzene rings is 2. The molecule has 31 heavy (non-hydrogen) atoms. The number of hydrogen-bond acceptors (Lipinski definition) is 6. The molecule has 7 heteroatoms. The molecule has 1 saturated carbocycles. The Kier molecular flexibility index (Phi) is 5.59. The van der Waals surface area contributed by atoms with E-state index in [1.165, 1.54) is 32.1 Å². The zero-order valence-corrected chi connectivity index (χ0v) is 17.5. The number of aromatic nitrogens is 1. The van der Waals surface area contributed by atoms with Crippen molar-refractivity contribution in [2.45, 2.75) is 56.9 Å². The van der Waals surface area contributed by atoms with Crippen molar-refractivity contribution in [3.8, 4) is 5.75 Å². The first kappa shape index (κ1) is 20.0. The Hall–Kier alpha value is -2.93. The molecule has 0 spiro atoms. The van der Waals surface area contributed by atoms with Crippen LogP contribution in [0.4, 0.5) is 0 Å². The summed E-state index contributed by atoms with van der Waals surface area (Å²) >= 11 is 0. The second kappa shape index (κ2) is 8.67. The van der Waals surface area contributed by atoms with Crippen molar-refractivity contribution in [2.75, 3.05) is 13.2 Å². The molecular weight excluding hydrogens is 394 g/mol. The SMILES string of the molecule is O=C1CC[C@H](c2noc3ccc4cc(OCCNC5CCCCC5)ccc4c23)C(=O)N1. The van der Waals surface area contributed by atoms with Crippen LogP contribution in [0.1, 0.15) is 56.6 Å². The summed E-state index contributed by atoms with van der Waals surface area (Å²) < 4.78 is 11.5. The van der Waals surface area contributed by atoms with E-state index in [0.717, 1.165) is 28.5 Å². The van der Waals surface area contributed by atoms with Gasteiger partial charge in [0.2, 0.25) is 11.8 Å². The summed E-state index contributed by atoms with van der Waals surface area (Å²) in [4.78, 5) is 23.9. The van der Waals surface area contributed by atoms with Gasteiger partial charge in [-0.3, -0.25) is 14.9 Å². The van der Waals surface area contributed by atoms with Gasteiger partial charge in [0.05, 0.1) is 11.3 Å². The summed E-state index contributed by atoms with van der Waals surface area (Å²) in [6.07, 6.45) is 7.28. The molecule has 0 bridgehead atoms. The molecule has 7 nitrogen and oxygen atoms in total. The summed E-state index contributed by atoms with van der Waals surface area (Å²) in [6, 6.07) is 10.4. The Morgan fingerprint density at radius 1 is 1.10 bits per heavy atom. The van der Waals surface area contributed by atoms with Crippen molar-refractivity contribution in [1.29, 1.82) is 0 Å². The zero-order chi connectivity index (χ0) is 21.2. The van der Waals surface area contributed by atoms with Crippen molar-refractivity contribution in [1.82, 2.24) is 15.8 Å². The van der Waals surface area contributed by atoms with Gasteiger partial charge in [-0.2, -0.15) is 0 Å². The van der Waals surface area contributed by atoms with Crippen LogP contribution in [0.3, 0.4) is 0 Å². The lowest BCUT2D eigenvalue weighted by molar-refractivity contribution is -0.134. The molecule has 2 fully saturated rings. The fourth-order valence-corrected chi connectivity index (χ4v) is 4.79. The van der Waals surface area contributed by atoms with E-state index in [2.05, 4.69) is 15.8 Å². The maximum absolute atomic E-state index is 12.4. The monoisotopic (exact) mass is 421 g/mol. The number of hydrogen-bond donors (Lipinski definition) is 2. The van der Waals surface area contributed by atoms with Crippen molar-refractivity contribution >= 4 is 33.6 Å². The first-order valence-corrected chi connectivity index (χ1v) is 11.2. The summed E-state index contributed by atoms with van der Waals surface area (Å²) in [5, 5.41) is 13.0. The van der Waals surface area contributed by atoms with Crippen LogP contribution in [-0.2, 0) is 9.59 Å². The standard InChI is InChI=1S/C24H27N3O4/c28-21-11-9-19(24(29)26-21)23-22-18-8-7-17(14-15(18)6-10-20(22)31-27-23)30-13-12-25-16-4-2-1-3-5-16/h6-8,10,14,16,19,25H,1-5,9,11-13H2,(H,26,28,29)/t19-/m1/s1. The highest BCUT2D eigenvalue weighted by molar-refractivity contribution is 6.10. The minimum Gasteiger partial charge on any atom is -0.492 e. The van der Waals surface area contributed by atoms with E-state index in [1.54, 1.807) is 0 Å². The van der Waals surface area contributed by atoms with E-state index in [1.807, 2.05) is 30.3 Å². The van der Waals surface area contributed by atoms with Gasteiger partial charge >= 0.3 is 0 Å². The van der Waals surface area contributed by atoms with E-state index in [9.17, 15) is 9.59 Å². The van der Waals surface area contributed by atoms with Gasteiger partial charge in [0.1, 0.15) is 18.1 Å². The van der Waals surface area contributed by atoms with Crippen molar-refractivity contribution < 1.29 is 18.8 Å². The lowest BCUT2D eigenvalue weighted by atomic mass is 9.91. The summed E-state index contributed by atoms with van der Waals surface area (Å²) in [6.45, 7) is 1.46. The van der Waals surface area contributed by atoms with Crippen LogP contribution in [-0.4, -0.2) is 36.2 Å². The van der Waals surface area contributed by atoms with Gasteiger partial charge in [-0.15, -0.1) is 0 Å². The van der Waals surface area contributed by atoms with Crippen LogP contribution in [0.2, 0.25) is 0 Å². The minimum atomic E-state index is -0.480. The molecule has 2 heterocycles. The Balaban J connectivity index is 1.33. The minimum absolute atomic E-state index is 0.237. The third kappa shape index (κ3) is 4.14. The summed E-state index contributed by atoms with van der Waals surface area (Å²) in [5.41, 5.74) is 1.23. The molecule has 1 atom stereocenters. The molecule has 1 aliphatic heterocycles. The number of carbonyl (C=O) groups excluding carboxylic acids is 2. The largest absolute Gasteiger partial charge is 0.492 e. The summed E-state index contributed by atoms with van der Waals surface area (Å²) in [5.74, 6) is -0.213. The van der Waals surface area contributed by atoms with Crippen LogP contribution in [0.5, 0.6) is 5.75 Å². The van der Waals surface area contributed by atoms with Gasteiger partial charge in [-0.1, -0.05) is 30.5 Å². The fourth-order valence-electron chi connectivity index (χ4n) is 4.79. The molecule has 0 unspecified atom stereocenters. The van der Waals surface area contributed by atoms with Crippen LogP contribution < -0.4 is 15.4 Å². The topological polar surface area (TPSA) is 93.5 Å². The van der Waals surface area contributed by atoms with Crippen LogP contribution in [0.25, 0.3) is 21.7 Å². The van der Waals surface area contributed by atoms with Gasteiger partial charge in [0.15, 0.2) is 5.58 Å². The maximum atomic E-state index is 12.4. The molecule has 0 radical (unpaired) electrons. The van der Waals surface area contributed by atoms with E-state index in [4.69, 9.17) is 9.26 Å². The van der Waals surface area contributed by atoms with E-state index in [-0.39, 0.29) is 11.8 Å².